The highest BCUT2D eigenvalue weighted by Crippen LogP contribution is 2.33. The Morgan fingerprint density at radius 1 is 1.45 bits per heavy atom. The molecule has 0 radical (unpaired) electrons. The van der Waals surface area contributed by atoms with Gasteiger partial charge in [0.1, 0.15) is 4.90 Å². The molecule has 0 spiro atoms. The van der Waals surface area contributed by atoms with Crippen LogP contribution in [-0.2, 0) is 16.6 Å². The van der Waals surface area contributed by atoms with Gasteiger partial charge in [0.05, 0.1) is 10.3 Å². The van der Waals surface area contributed by atoms with Gasteiger partial charge in [-0.1, -0.05) is 13.8 Å². The lowest BCUT2D eigenvalue weighted by Crippen LogP contribution is -2.31. The molecule has 0 fully saturated rings. The van der Waals surface area contributed by atoms with Crippen molar-refractivity contribution in [1.29, 1.82) is 0 Å². The molecular weight excluding hydrogens is 374 g/mol. The predicted molar refractivity (Wildman–Crippen MR) is 79.8 cm³/mol. The van der Waals surface area contributed by atoms with E-state index >= 15 is 0 Å². The Labute approximate surface area is 130 Å². The van der Waals surface area contributed by atoms with Crippen LogP contribution in [0.5, 0.6) is 0 Å². The van der Waals surface area contributed by atoms with Gasteiger partial charge in [-0.15, -0.1) is 11.3 Å². The van der Waals surface area contributed by atoms with Crippen molar-refractivity contribution in [2.75, 3.05) is 13.6 Å². The third kappa shape index (κ3) is 4.73. The molecule has 1 aromatic heterocycles. The minimum Gasteiger partial charge on any atom is -0.310 e. The lowest BCUT2D eigenvalue weighted by atomic mass is 10.4. The van der Waals surface area contributed by atoms with Crippen LogP contribution in [0.3, 0.4) is 0 Å². The highest BCUT2D eigenvalue weighted by Gasteiger charge is 2.27. The van der Waals surface area contributed by atoms with Crippen LogP contribution in [0, 0.1) is 0 Å². The molecule has 0 aliphatic heterocycles. The molecule has 0 amide bonds. The van der Waals surface area contributed by atoms with E-state index in [4.69, 9.17) is 0 Å². The van der Waals surface area contributed by atoms with E-state index in [1.54, 1.807) is 0 Å². The predicted octanol–water partition coefficient (Wildman–Crippen LogP) is 2.89. The summed E-state index contributed by atoms with van der Waals surface area (Å²) in [6, 6.07) is 1.79. The van der Waals surface area contributed by atoms with Gasteiger partial charge in [-0.25, -0.2) is 17.2 Å². The summed E-state index contributed by atoms with van der Waals surface area (Å²) in [5.41, 5.74) is 0. The summed E-state index contributed by atoms with van der Waals surface area (Å²) in [6.07, 6.45) is -2.70. The van der Waals surface area contributed by atoms with Crippen molar-refractivity contribution in [2.45, 2.75) is 37.8 Å². The molecule has 0 bridgehead atoms. The van der Waals surface area contributed by atoms with Crippen LogP contribution < -0.4 is 5.32 Å². The average Bonchev–Trinajstić information content (AvgIpc) is 2.67. The van der Waals surface area contributed by atoms with Gasteiger partial charge in [0.15, 0.2) is 0 Å². The summed E-state index contributed by atoms with van der Waals surface area (Å²) >= 11 is 4.47. The number of nitrogens with zero attached hydrogens (tertiary/aromatic N) is 1. The second-order valence-electron chi connectivity index (χ2n) is 4.56. The molecule has 4 nitrogen and oxygen atoms in total. The SMILES string of the molecule is CC(C)NCc1cc(S(=O)(=O)N(C)CC(F)F)c(Br)s1. The number of rotatable bonds is 7. The quantitative estimate of drug-likeness (QED) is 0.778. The first-order chi connectivity index (χ1) is 9.14. The van der Waals surface area contributed by atoms with Crippen LogP contribution in [0.4, 0.5) is 8.78 Å². The highest BCUT2D eigenvalue weighted by molar-refractivity contribution is 9.11. The van der Waals surface area contributed by atoms with Crippen LogP contribution in [0.2, 0.25) is 0 Å². The van der Waals surface area contributed by atoms with Crippen LogP contribution in [-0.4, -0.2) is 38.8 Å². The third-order valence-corrected chi connectivity index (χ3v) is 6.55. The molecule has 116 valence electrons. The number of thiophene rings is 1. The van der Waals surface area contributed by atoms with E-state index < -0.39 is 23.0 Å². The van der Waals surface area contributed by atoms with Crippen LogP contribution in [0.15, 0.2) is 14.7 Å². The van der Waals surface area contributed by atoms with E-state index in [9.17, 15) is 17.2 Å². The van der Waals surface area contributed by atoms with E-state index in [2.05, 4.69) is 21.2 Å². The maximum atomic E-state index is 12.3. The largest absolute Gasteiger partial charge is 0.310 e. The summed E-state index contributed by atoms with van der Waals surface area (Å²) in [4.78, 5) is 0.862. The smallest absolute Gasteiger partial charge is 0.252 e. The second-order valence-corrected chi connectivity index (χ2v) is 9.03. The van der Waals surface area contributed by atoms with Gasteiger partial charge < -0.3 is 5.32 Å². The number of hydrogen-bond donors (Lipinski definition) is 1. The molecule has 0 saturated heterocycles. The minimum atomic E-state index is -3.89. The van der Waals surface area contributed by atoms with Gasteiger partial charge in [-0.3, -0.25) is 0 Å². The summed E-state index contributed by atoms with van der Waals surface area (Å²) in [5, 5.41) is 3.18. The molecule has 9 heteroatoms. The van der Waals surface area contributed by atoms with Gasteiger partial charge in [0.2, 0.25) is 10.0 Å². The molecule has 20 heavy (non-hydrogen) atoms. The fourth-order valence-electron chi connectivity index (χ4n) is 1.43. The van der Waals surface area contributed by atoms with Crippen LogP contribution in [0.1, 0.15) is 18.7 Å². The molecular formula is C11H17BrF2N2O2S2. The number of sulfonamides is 1. The van der Waals surface area contributed by atoms with Gasteiger partial charge in [-0.2, -0.15) is 4.31 Å². The average molecular weight is 391 g/mol. The van der Waals surface area contributed by atoms with Crippen molar-refractivity contribution in [2.24, 2.45) is 0 Å². The van der Waals surface area contributed by atoms with Gasteiger partial charge in [0, 0.05) is 24.5 Å². The maximum absolute atomic E-state index is 12.3. The molecule has 0 aliphatic carbocycles. The highest BCUT2D eigenvalue weighted by atomic mass is 79.9. The molecule has 0 atom stereocenters. The Kier molecular flexibility index (Phi) is 6.52. The zero-order valence-electron chi connectivity index (χ0n) is 11.4. The molecule has 0 saturated carbocycles. The Balaban J connectivity index is 2.95. The zero-order valence-corrected chi connectivity index (χ0v) is 14.6. The fourth-order valence-corrected chi connectivity index (χ4v) is 5.15. The number of hydrogen-bond acceptors (Lipinski definition) is 4. The van der Waals surface area contributed by atoms with Gasteiger partial charge in [-0.05, 0) is 22.0 Å². The van der Waals surface area contributed by atoms with E-state index in [1.165, 1.54) is 17.4 Å². The van der Waals surface area contributed by atoms with Crippen LogP contribution in [0.25, 0.3) is 0 Å². The Bertz CT molecular complexity index is 547. The molecule has 1 heterocycles. The number of nitrogens with one attached hydrogen (secondary N) is 1. The monoisotopic (exact) mass is 390 g/mol. The minimum absolute atomic E-state index is 0.0335. The van der Waals surface area contributed by atoms with Crippen molar-refractivity contribution in [3.8, 4) is 0 Å². The first-order valence-electron chi connectivity index (χ1n) is 5.90. The number of halogens is 3. The summed E-state index contributed by atoms with van der Waals surface area (Å²) in [6.45, 7) is 3.69. The zero-order chi connectivity index (χ0) is 15.5. The van der Waals surface area contributed by atoms with Crippen molar-refractivity contribution < 1.29 is 17.2 Å². The first kappa shape index (κ1) is 18.0. The lowest BCUT2D eigenvalue weighted by Gasteiger charge is -2.15. The molecule has 0 aliphatic rings. The number of alkyl halides is 2. The van der Waals surface area contributed by atoms with Crippen molar-refractivity contribution in [3.63, 3.8) is 0 Å². The lowest BCUT2D eigenvalue weighted by molar-refractivity contribution is 0.126. The fraction of sp³-hybridized carbons (Fsp3) is 0.636. The van der Waals surface area contributed by atoms with E-state index in [1.807, 2.05) is 13.8 Å². The van der Waals surface area contributed by atoms with E-state index in [0.29, 0.717) is 14.6 Å². The normalized spacial score (nSPS) is 12.8. The van der Waals surface area contributed by atoms with Crippen LogP contribution >= 0.6 is 27.3 Å². The van der Waals surface area contributed by atoms with Crippen molar-refractivity contribution >= 4 is 37.3 Å². The van der Waals surface area contributed by atoms with Gasteiger partial charge >= 0.3 is 0 Å². The first-order valence-corrected chi connectivity index (χ1v) is 8.95. The third-order valence-electron chi connectivity index (χ3n) is 2.47. The molecule has 1 aromatic rings. The Hall–Kier alpha value is -0.0900. The molecule has 0 unspecified atom stereocenters. The molecule has 1 rings (SSSR count). The Morgan fingerprint density at radius 3 is 2.55 bits per heavy atom. The van der Waals surface area contributed by atoms with E-state index in [-0.39, 0.29) is 10.9 Å². The topological polar surface area (TPSA) is 49.4 Å². The molecule has 1 N–H and O–H groups in total. The molecule has 0 aromatic carbocycles. The van der Waals surface area contributed by atoms with Crippen molar-refractivity contribution in [1.82, 2.24) is 9.62 Å². The second kappa shape index (κ2) is 7.26. The summed E-state index contributed by atoms with van der Waals surface area (Å²) in [5.74, 6) is 0. The maximum Gasteiger partial charge on any atom is 0.252 e. The van der Waals surface area contributed by atoms with E-state index in [0.717, 1.165) is 11.9 Å². The Morgan fingerprint density at radius 2 is 2.05 bits per heavy atom. The van der Waals surface area contributed by atoms with Crippen molar-refractivity contribution in [3.05, 3.63) is 14.7 Å². The van der Waals surface area contributed by atoms with Gasteiger partial charge in [0.25, 0.3) is 6.43 Å². The summed E-state index contributed by atoms with van der Waals surface area (Å²) in [7, 11) is -2.74. The summed E-state index contributed by atoms with van der Waals surface area (Å²) < 4.78 is 50.1. The standard InChI is InChI=1S/C11H17BrF2N2O2S2/c1-7(2)15-5-8-4-9(11(12)19-8)20(17,18)16(3)6-10(13)14/h4,7,10,15H,5-6H2,1-3H3.